The van der Waals surface area contributed by atoms with Crippen LogP contribution in [0.4, 0.5) is 5.82 Å². The summed E-state index contributed by atoms with van der Waals surface area (Å²) in [5, 5.41) is 8.86. The van der Waals surface area contributed by atoms with Gasteiger partial charge in [0.1, 0.15) is 5.82 Å². The van der Waals surface area contributed by atoms with E-state index in [4.69, 9.17) is 5.26 Å². The van der Waals surface area contributed by atoms with Crippen LogP contribution in [0.3, 0.4) is 0 Å². The topological polar surface area (TPSA) is 82.9 Å². The number of anilines is 1. The number of nitriles is 1. The van der Waals surface area contributed by atoms with Gasteiger partial charge < -0.3 is 0 Å². The predicted molar refractivity (Wildman–Crippen MR) is 75.7 cm³/mol. The molecule has 0 aliphatic carbocycles. The van der Waals surface area contributed by atoms with Crippen molar-refractivity contribution in [2.45, 2.75) is 18.7 Å². The first kappa shape index (κ1) is 14.0. The first-order chi connectivity index (χ1) is 9.42. The van der Waals surface area contributed by atoms with Gasteiger partial charge in [-0.25, -0.2) is 13.4 Å². The summed E-state index contributed by atoms with van der Waals surface area (Å²) in [6.07, 6.45) is 1.58. The molecular formula is C14H13N3O2S. The number of aryl methyl sites for hydroxylation is 2. The Morgan fingerprint density at radius 3 is 2.55 bits per heavy atom. The van der Waals surface area contributed by atoms with Gasteiger partial charge >= 0.3 is 0 Å². The third-order valence-corrected chi connectivity index (χ3v) is 4.25. The van der Waals surface area contributed by atoms with E-state index in [0.717, 1.165) is 5.56 Å². The minimum atomic E-state index is -3.75. The summed E-state index contributed by atoms with van der Waals surface area (Å²) in [6, 6.07) is 9.83. The van der Waals surface area contributed by atoms with Crippen molar-refractivity contribution in [3.8, 4) is 6.07 Å². The van der Waals surface area contributed by atoms with Crippen LogP contribution >= 0.6 is 0 Å². The molecule has 0 atom stereocenters. The van der Waals surface area contributed by atoms with E-state index in [0.29, 0.717) is 11.1 Å². The molecule has 0 fully saturated rings. The normalized spacial score (nSPS) is 10.8. The van der Waals surface area contributed by atoms with Gasteiger partial charge in [-0.1, -0.05) is 12.1 Å². The SMILES string of the molecule is Cc1ccc(NS(=O)(=O)c2cc(C#N)ccc2C)nc1. The fourth-order valence-corrected chi connectivity index (χ4v) is 2.96. The molecule has 6 heteroatoms. The van der Waals surface area contributed by atoms with Gasteiger partial charge in [0.2, 0.25) is 0 Å². The highest BCUT2D eigenvalue weighted by atomic mass is 32.2. The van der Waals surface area contributed by atoms with E-state index in [-0.39, 0.29) is 10.7 Å². The van der Waals surface area contributed by atoms with Gasteiger partial charge in [-0.05, 0) is 43.2 Å². The zero-order valence-corrected chi connectivity index (χ0v) is 11.9. The lowest BCUT2D eigenvalue weighted by Crippen LogP contribution is -2.15. The smallest absolute Gasteiger partial charge is 0.263 e. The number of hydrogen-bond acceptors (Lipinski definition) is 4. The lowest BCUT2D eigenvalue weighted by molar-refractivity contribution is 0.600. The van der Waals surface area contributed by atoms with Crippen molar-refractivity contribution in [1.29, 1.82) is 5.26 Å². The fourth-order valence-electron chi connectivity index (χ4n) is 1.68. The van der Waals surface area contributed by atoms with Gasteiger partial charge in [-0.3, -0.25) is 4.72 Å². The van der Waals surface area contributed by atoms with E-state index in [2.05, 4.69) is 9.71 Å². The minimum absolute atomic E-state index is 0.0823. The first-order valence-corrected chi connectivity index (χ1v) is 7.37. The highest BCUT2D eigenvalue weighted by Crippen LogP contribution is 2.19. The van der Waals surface area contributed by atoms with Crippen molar-refractivity contribution in [3.63, 3.8) is 0 Å². The van der Waals surface area contributed by atoms with Crippen molar-refractivity contribution in [2.75, 3.05) is 4.72 Å². The molecular weight excluding hydrogens is 274 g/mol. The molecule has 1 heterocycles. The zero-order valence-electron chi connectivity index (χ0n) is 11.1. The summed E-state index contributed by atoms with van der Waals surface area (Å²) in [4.78, 5) is 4.09. The van der Waals surface area contributed by atoms with Crippen LogP contribution in [0, 0.1) is 25.2 Å². The number of hydrogen-bond donors (Lipinski definition) is 1. The van der Waals surface area contributed by atoms with Gasteiger partial charge in [-0.15, -0.1) is 0 Å². The second-order valence-electron chi connectivity index (χ2n) is 4.42. The van der Waals surface area contributed by atoms with Crippen LogP contribution in [0.25, 0.3) is 0 Å². The Kier molecular flexibility index (Phi) is 3.72. The molecule has 0 amide bonds. The van der Waals surface area contributed by atoms with Gasteiger partial charge in [0.25, 0.3) is 10.0 Å². The maximum Gasteiger partial charge on any atom is 0.263 e. The highest BCUT2D eigenvalue weighted by Gasteiger charge is 2.18. The summed E-state index contributed by atoms with van der Waals surface area (Å²) in [5.41, 5.74) is 1.81. The number of sulfonamides is 1. The number of aromatic nitrogens is 1. The van der Waals surface area contributed by atoms with Gasteiger partial charge in [0.05, 0.1) is 16.5 Å². The fraction of sp³-hybridized carbons (Fsp3) is 0.143. The number of rotatable bonds is 3. The van der Waals surface area contributed by atoms with Crippen molar-refractivity contribution < 1.29 is 8.42 Å². The summed E-state index contributed by atoms with van der Waals surface area (Å²) >= 11 is 0. The predicted octanol–water partition coefficient (Wildman–Crippen LogP) is 2.37. The monoisotopic (exact) mass is 287 g/mol. The molecule has 2 rings (SSSR count). The molecule has 102 valence electrons. The van der Waals surface area contributed by atoms with Gasteiger partial charge in [-0.2, -0.15) is 5.26 Å². The van der Waals surface area contributed by atoms with Crippen LogP contribution in [0.1, 0.15) is 16.7 Å². The van der Waals surface area contributed by atoms with Crippen LogP contribution in [0.15, 0.2) is 41.4 Å². The maximum absolute atomic E-state index is 12.3. The lowest BCUT2D eigenvalue weighted by atomic mass is 10.2. The van der Waals surface area contributed by atoms with Gasteiger partial charge in [0.15, 0.2) is 0 Å². The third kappa shape index (κ3) is 2.95. The quantitative estimate of drug-likeness (QED) is 0.939. The van der Waals surface area contributed by atoms with E-state index in [9.17, 15) is 8.42 Å². The molecule has 0 spiro atoms. The summed E-state index contributed by atoms with van der Waals surface area (Å²) < 4.78 is 27.0. The average molecular weight is 287 g/mol. The standard InChI is InChI=1S/C14H13N3O2S/c1-10-3-6-14(16-9-10)17-20(18,19)13-7-12(8-15)5-4-11(13)2/h3-7,9H,1-2H3,(H,16,17). The van der Waals surface area contributed by atoms with E-state index in [1.807, 2.05) is 13.0 Å². The Labute approximate surface area is 118 Å². The van der Waals surface area contributed by atoms with E-state index < -0.39 is 10.0 Å². The highest BCUT2D eigenvalue weighted by molar-refractivity contribution is 7.92. The number of pyridine rings is 1. The van der Waals surface area contributed by atoms with E-state index in [1.54, 1.807) is 37.4 Å². The van der Waals surface area contributed by atoms with Crippen molar-refractivity contribution >= 4 is 15.8 Å². The molecule has 0 unspecified atom stereocenters. The average Bonchev–Trinajstić information content (AvgIpc) is 2.41. The molecule has 0 saturated carbocycles. The molecule has 0 saturated heterocycles. The summed E-state index contributed by atoms with van der Waals surface area (Å²) in [7, 11) is -3.75. The van der Waals surface area contributed by atoms with Crippen LogP contribution < -0.4 is 4.72 Å². The number of nitrogens with one attached hydrogen (secondary N) is 1. The molecule has 5 nitrogen and oxygen atoms in total. The molecule has 0 aliphatic heterocycles. The van der Waals surface area contributed by atoms with Crippen LogP contribution in [-0.4, -0.2) is 13.4 Å². The molecule has 1 aromatic carbocycles. The molecule has 0 aliphatic rings. The lowest BCUT2D eigenvalue weighted by Gasteiger charge is -2.10. The van der Waals surface area contributed by atoms with Crippen LogP contribution in [0.2, 0.25) is 0 Å². The zero-order chi connectivity index (χ0) is 14.8. The Balaban J connectivity index is 2.40. The molecule has 1 N–H and O–H groups in total. The second-order valence-corrected chi connectivity index (χ2v) is 6.07. The second kappa shape index (κ2) is 5.31. The molecule has 1 aromatic heterocycles. The van der Waals surface area contributed by atoms with Gasteiger partial charge in [0, 0.05) is 6.20 Å². The third-order valence-electron chi connectivity index (χ3n) is 2.76. The van der Waals surface area contributed by atoms with E-state index in [1.165, 1.54) is 6.07 Å². The summed E-state index contributed by atoms with van der Waals surface area (Å²) in [6.45, 7) is 3.55. The van der Waals surface area contributed by atoms with Crippen molar-refractivity contribution in [3.05, 3.63) is 53.2 Å². The van der Waals surface area contributed by atoms with Crippen molar-refractivity contribution in [2.24, 2.45) is 0 Å². The molecule has 2 aromatic rings. The molecule has 0 bridgehead atoms. The Bertz CT molecular complexity index is 775. The Morgan fingerprint density at radius 1 is 1.20 bits per heavy atom. The number of nitrogens with zero attached hydrogens (tertiary/aromatic N) is 2. The Morgan fingerprint density at radius 2 is 1.95 bits per heavy atom. The number of benzene rings is 1. The van der Waals surface area contributed by atoms with Crippen molar-refractivity contribution in [1.82, 2.24) is 4.98 Å². The molecule has 20 heavy (non-hydrogen) atoms. The largest absolute Gasteiger partial charge is 0.263 e. The van der Waals surface area contributed by atoms with Crippen LogP contribution in [0.5, 0.6) is 0 Å². The van der Waals surface area contributed by atoms with Crippen LogP contribution in [-0.2, 0) is 10.0 Å². The minimum Gasteiger partial charge on any atom is -0.263 e. The Hall–Kier alpha value is -2.39. The van der Waals surface area contributed by atoms with E-state index >= 15 is 0 Å². The maximum atomic E-state index is 12.3. The first-order valence-electron chi connectivity index (χ1n) is 5.88. The summed E-state index contributed by atoms with van der Waals surface area (Å²) in [5.74, 6) is 0.248. The molecule has 0 radical (unpaired) electrons.